The molecule has 95 heavy (non-hydrogen) atoms. The minimum Gasteiger partial charge on any atom is -0.466 e. The lowest BCUT2D eigenvalue weighted by atomic mass is 9.91. The topological polar surface area (TPSA) is 311 Å². The van der Waals surface area contributed by atoms with E-state index in [1.807, 2.05) is 41.5 Å². The van der Waals surface area contributed by atoms with Crippen molar-refractivity contribution in [2.75, 3.05) is 55.9 Å². The minimum atomic E-state index is -1.65. The predicted molar refractivity (Wildman–Crippen MR) is 363 cm³/mol. The molecule has 0 spiro atoms. The molecule has 0 unspecified atom stereocenters. The number of carbonyl (C=O) groups excluding carboxylic acids is 13. The van der Waals surface area contributed by atoms with Crippen LogP contribution in [0, 0.1) is 41.4 Å². The summed E-state index contributed by atoms with van der Waals surface area (Å²) < 4.78 is 11.2. The summed E-state index contributed by atoms with van der Waals surface area (Å²) in [6.45, 7) is 32.0. The second kappa shape index (κ2) is 39.8. The molecule has 0 saturated carbocycles. The molecule has 0 aromatic heterocycles. The Morgan fingerprint density at radius 3 is 1.43 bits per heavy atom. The van der Waals surface area contributed by atoms with Crippen LogP contribution in [0.25, 0.3) is 0 Å². The molecule has 1 rings (SSSR count). The Morgan fingerprint density at radius 2 is 0.958 bits per heavy atom. The van der Waals surface area contributed by atoms with Crippen LogP contribution in [0.3, 0.4) is 0 Å². The normalized spacial score (nSPS) is 26.2. The van der Waals surface area contributed by atoms with Gasteiger partial charge in [0.1, 0.15) is 72.6 Å². The third-order valence-electron chi connectivity index (χ3n) is 17.9. The highest BCUT2D eigenvalue weighted by atomic mass is 16.5. The molecule has 0 radical (unpaired) electrons. The monoisotopic (exact) mass is 1340 g/mol. The summed E-state index contributed by atoms with van der Waals surface area (Å²) in [5.41, 5.74) is 0. The Morgan fingerprint density at radius 1 is 0.495 bits per heavy atom. The van der Waals surface area contributed by atoms with Crippen LogP contribution in [0.4, 0.5) is 0 Å². The van der Waals surface area contributed by atoms with Crippen LogP contribution in [0.2, 0.25) is 0 Å². The molecule has 4 N–H and O–H groups in total. The molecular formula is C69H121N11O15. The Balaban J connectivity index is 4.61. The number of likely N-dealkylation sites (N-methyl/N-ethyl adjacent to an activating group) is 7. The van der Waals surface area contributed by atoms with Gasteiger partial charge in [0.15, 0.2) is 0 Å². The molecule has 0 aliphatic carbocycles. The van der Waals surface area contributed by atoms with E-state index in [9.17, 15) is 33.6 Å². The van der Waals surface area contributed by atoms with Gasteiger partial charge in [0.2, 0.25) is 65.0 Å². The Hall–Kier alpha value is -7.15. The van der Waals surface area contributed by atoms with Crippen LogP contribution in [0.1, 0.15) is 183 Å². The van der Waals surface area contributed by atoms with Crippen molar-refractivity contribution < 1.29 is 71.8 Å². The van der Waals surface area contributed by atoms with E-state index in [0.717, 1.165) is 21.6 Å². The van der Waals surface area contributed by atoms with Gasteiger partial charge in [-0.15, -0.1) is 0 Å². The van der Waals surface area contributed by atoms with Gasteiger partial charge < -0.3 is 65.0 Å². The van der Waals surface area contributed by atoms with Crippen molar-refractivity contribution in [3.05, 3.63) is 12.2 Å². The van der Waals surface area contributed by atoms with E-state index in [4.69, 9.17) is 9.47 Å². The van der Waals surface area contributed by atoms with E-state index in [-0.39, 0.29) is 69.3 Å². The van der Waals surface area contributed by atoms with Gasteiger partial charge in [-0.25, -0.2) is 0 Å². The summed E-state index contributed by atoms with van der Waals surface area (Å²) >= 11 is 0. The molecule has 11 amide bonds. The number of amides is 11. The maximum atomic E-state index is 15.5. The van der Waals surface area contributed by atoms with Crippen LogP contribution in [0.5, 0.6) is 0 Å². The van der Waals surface area contributed by atoms with Crippen LogP contribution in [0.15, 0.2) is 12.2 Å². The zero-order valence-electron chi connectivity index (χ0n) is 62.2. The molecule has 1 saturated heterocycles. The summed E-state index contributed by atoms with van der Waals surface area (Å²) in [6.07, 6.45) is 3.08. The fourth-order valence-corrected chi connectivity index (χ4v) is 12.1. The van der Waals surface area contributed by atoms with Crippen molar-refractivity contribution in [1.82, 2.24) is 55.6 Å². The maximum absolute atomic E-state index is 15.5. The lowest BCUT2D eigenvalue weighted by Gasteiger charge is -2.42. The SMILES string of the molecule is C/C=C/C[C@@H](C)[C@@H](OC(C)=O)[C@H]1C(=O)N[C@@H](CCC)C(=O)N(C)[C@H](C)C(=O)N(C)[C@@H]([C@H](C)CCC(=O)OCC)C(=O)N[C@@H](C(C)C)C(=O)N(C)[C@@H](CC(C)C)C(=O)N[C@@H](C)C(=O)N[C@H](C)C(=O)N(C)[C@@H](CC(C)C)C(=O)N(C)[C@@H](CC(C)C)C(=O)N(C)[C@@H](C(C)C)C(=O)N1C. The third kappa shape index (κ3) is 24.5. The highest BCUT2D eigenvalue weighted by Crippen LogP contribution is 2.28. The number of nitrogens with one attached hydrogen (secondary N) is 4. The number of nitrogens with zero attached hydrogens (tertiary/aromatic N) is 7. The quantitative estimate of drug-likeness (QED) is 0.0960. The number of ether oxygens (including phenoxy) is 2. The predicted octanol–water partition coefficient (Wildman–Crippen LogP) is 4.55. The van der Waals surface area contributed by atoms with Crippen molar-refractivity contribution in [2.24, 2.45) is 41.4 Å². The Bertz CT molecular complexity index is 2670. The van der Waals surface area contributed by atoms with Crippen LogP contribution < -0.4 is 21.3 Å². The zero-order valence-corrected chi connectivity index (χ0v) is 62.2. The average Bonchev–Trinajstić information content (AvgIpc) is 0.814. The molecule has 1 aliphatic heterocycles. The summed E-state index contributed by atoms with van der Waals surface area (Å²) in [5.74, 6) is -12.6. The lowest BCUT2D eigenvalue weighted by molar-refractivity contribution is -0.164. The Labute approximate surface area is 567 Å². The molecule has 1 fully saturated rings. The van der Waals surface area contributed by atoms with Crippen molar-refractivity contribution in [1.29, 1.82) is 0 Å². The van der Waals surface area contributed by atoms with Crippen LogP contribution in [-0.2, 0) is 71.8 Å². The van der Waals surface area contributed by atoms with Gasteiger partial charge >= 0.3 is 11.9 Å². The molecule has 0 aromatic rings. The highest BCUT2D eigenvalue weighted by Gasteiger charge is 2.47. The lowest BCUT2D eigenvalue weighted by Crippen LogP contribution is -2.64. The van der Waals surface area contributed by atoms with Gasteiger partial charge in [0, 0.05) is 62.7 Å². The fourth-order valence-electron chi connectivity index (χ4n) is 12.1. The first kappa shape index (κ1) is 85.9. The molecule has 26 nitrogen and oxygen atoms in total. The molecule has 0 aromatic carbocycles. The maximum Gasteiger partial charge on any atom is 0.305 e. The third-order valence-corrected chi connectivity index (χ3v) is 17.9. The standard InChI is InChI=1S/C69H121N11O15/c1-27-30-32-44(15)58(95-48(19)81)57-62(86)72-49(31-28-2)65(89)74(20)47(18)64(88)79(25)56(43(14)33-34-53(82)94-29-3)61(85)73-54(41(10)11)68(92)75(21)50(35-38(4)5)60(84)70-45(16)59(83)71-46(17)63(87)76(22)51(36-39(6)7)66(90)77(23)52(37-40(8)9)67(91)78(24)55(42(12)13)69(93)80(57)26/h27,30,38-47,49-52,54-58H,28-29,31-37H2,1-26H3,(H,70,84)(H,71,83)(H,72,86)(H,73,85)/b30-27+/t43-,44-,45+,46-,47-,49+,50+,51+,52+,54+,55+,56+,57+,58-/m1/s1. The summed E-state index contributed by atoms with van der Waals surface area (Å²) in [4.78, 5) is 198. The summed E-state index contributed by atoms with van der Waals surface area (Å²) in [6, 6.07) is -14.5. The molecule has 542 valence electrons. The molecule has 14 atom stereocenters. The van der Waals surface area contributed by atoms with E-state index in [1.54, 1.807) is 74.5 Å². The largest absolute Gasteiger partial charge is 0.466 e. The van der Waals surface area contributed by atoms with Crippen molar-refractivity contribution >= 4 is 76.9 Å². The number of rotatable bonds is 20. The van der Waals surface area contributed by atoms with Gasteiger partial charge in [-0.1, -0.05) is 109 Å². The van der Waals surface area contributed by atoms with Crippen molar-refractivity contribution in [3.63, 3.8) is 0 Å². The van der Waals surface area contributed by atoms with Crippen molar-refractivity contribution in [3.8, 4) is 0 Å². The van der Waals surface area contributed by atoms with Crippen LogP contribution >= 0.6 is 0 Å². The number of hydrogen-bond acceptors (Lipinski definition) is 15. The van der Waals surface area contributed by atoms with E-state index < -0.39 is 173 Å². The molecular weight excluding hydrogens is 1220 g/mol. The number of hydrogen-bond donors (Lipinski definition) is 4. The zero-order chi connectivity index (χ0) is 73.5. The van der Waals surface area contributed by atoms with E-state index in [0.29, 0.717) is 6.42 Å². The first-order chi connectivity index (χ1) is 44.0. The fraction of sp³-hybridized carbons (Fsp3) is 0.783. The first-order valence-corrected chi connectivity index (χ1v) is 34.0. The molecule has 0 bridgehead atoms. The van der Waals surface area contributed by atoms with E-state index in [2.05, 4.69) is 21.3 Å². The second-order valence-corrected chi connectivity index (χ2v) is 28.1. The van der Waals surface area contributed by atoms with Crippen LogP contribution in [-0.4, -0.2) is 240 Å². The summed E-state index contributed by atoms with van der Waals surface area (Å²) in [5, 5.41) is 11.1. The van der Waals surface area contributed by atoms with Gasteiger partial charge in [-0.05, 0) is 115 Å². The summed E-state index contributed by atoms with van der Waals surface area (Å²) in [7, 11) is 9.76. The first-order valence-electron chi connectivity index (χ1n) is 34.0. The molecule has 26 heteroatoms. The van der Waals surface area contributed by atoms with E-state index in [1.165, 1.54) is 89.7 Å². The number of carbonyl (C=O) groups is 13. The van der Waals surface area contributed by atoms with Gasteiger partial charge in [0.25, 0.3) is 0 Å². The van der Waals surface area contributed by atoms with Crippen molar-refractivity contribution in [2.45, 2.75) is 255 Å². The van der Waals surface area contributed by atoms with E-state index >= 15 is 28.8 Å². The van der Waals surface area contributed by atoms with Gasteiger partial charge in [0.05, 0.1) is 6.61 Å². The van der Waals surface area contributed by atoms with Gasteiger partial charge in [-0.2, -0.15) is 0 Å². The van der Waals surface area contributed by atoms with Gasteiger partial charge in [-0.3, -0.25) is 62.3 Å². The minimum absolute atomic E-state index is 0.0153. The molecule has 1 aliphatic rings. The number of esters is 2. The Kier molecular flexibility index (Phi) is 36.0. The second-order valence-electron chi connectivity index (χ2n) is 28.1. The number of allylic oxidation sites excluding steroid dienone is 2. The smallest absolute Gasteiger partial charge is 0.305 e. The average molecular weight is 1340 g/mol. The molecule has 1 heterocycles. The highest BCUT2D eigenvalue weighted by molar-refractivity contribution is 6.00.